The van der Waals surface area contributed by atoms with Crippen molar-refractivity contribution in [3.05, 3.63) is 108 Å². The molecule has 35 heavy (non-hydrogen) atoms. The second-order valence-electron chi connectivity index (χ2n) is 9.73. The second kappa shape index (κ2) is 6.10. The lowest BCUT2D eigenvalue weighted by atomic mass is 9.94. The van der Waals surface area contributed by atoms with Gasteiger partial charge in [0.15, 0.2) is 0 Å². The molecule has 0 atom stereocenters. The van der Waals surface area contributed by atoms with Crippen LogP contribution in [-0.2, 0) is 12.8 Å². The van der Waals surface area contributed by atoms with Crippen LogP contribution in [0.5, 0.6) is 0 Å². The van der Waals surface area contributed by atoms with Crippen LogP contribution in [0.1, 0.15) is 22.3 Å². The van der Waals surface area contributed by atoms with Crippen molar-refractivity contribution < 1.29 is 0 Å². The zero-order valence-corrected chi connectivity index (χ0v) is 18.8. The molecular formula is C31H18N4. The highest BCUT2D eigenvalue weighted by atomic mass is 15.0. The van der Waals surface area contributed by atoms with Crippen LogP contribution in [0, 0.1) is 0 Å². The van der Waals surface area contributed by atoms with Gasteiger partial charge >= 0.3 is 0 Å². The summed E-state index contributed by atoms with van der Waals surface area (Å²) in [5.74, 6) is 0. The van der Waals surface area contributed by atoms with Gasteiger partial charge < -0.3 is 0 Å². The summed E-state index contributed by atoms with van der Waals surface area (Å²) >= 11 is 0. The largest absolute Gasteiger partial charge is 0.292 e. The molecule has 0 amide bonds. The molecular weight excluding hydrogens is 428 g/mol. The van der Waals surface area contributed by atoms with Crippen molar-refractivity contribution in [2.24, 2.45) is 0 Å². The number of rotatable bonds is 0. The molecule has 0 radical (unpaired) electrons. The van der Waals surface area contributed by atoms with Crippen molar-refractivity contribution in [2.45, 2.75) is 12.8 Å². The summed E-state index contributed by atoms with van der Waals surface area (Å²) in [4.78, 5) is 14.0. The van der Waals surface area contributed by atoms with E-state index in [-0.39, 0.29) is 0 Å². The highest BCUT2D eigenvalue weighted by molar-refractivity contribution is 6.13. The van der Waals surface area contributed by atoms with E-state index in [9.17, 15) is 0 Å². The van der Waals surface area contributed by atoms with Gasteiger partial charge in [-0.1, -0.05) is 36.4 Å². The lowest BCUT2D eigenvalue weighted by molar-refractivity contribution is 1.23. The van der Waals surface area contributed by atoms with E-state index >= 15 is 0 Å². The Hall–Kier alpha value is -4.57. The number of pyridine rings is 3. The Bertz CT molecular complexity index is 2070. The van der Waals surface area contributed by atoms with Gasteiger partial charge in [0.25, 0.3) is 0 Å². The Kier molecular flexibility index (Phi) is 3.11. The maximum Gasteiger partial charge on any atom is 0.146 e. The first-order valence-electron chi connectivity index (χ1n) is 12.0. The Labute approximate surface area is 200 Å². The summed E-state index contributed by atoms with van der Waals surface area (Å²) in [5.41, 5.74) is 15.5. The van der Waals surface area contributed by atoms with E-state index in [2.05, 4.69) is 75.0 Å². The highest BCUT2D eigenvalue weighted by Crippen LogP contribution is 2.50. The van der Waals surface area contributed by atoms with Crippen LogP contribution < -0.4 is 0 Å². The van der Waals surface area contributed by atoms with E-state index in [0.29, 0.717) is 0 Å². The lowest BCUT2D eigenvalue weighted by Gasteiger charge is -2.10. The highest BCUT2D eigenvalue weighted by Gasteiger charge is 2.29. The van der Waals surface area contributed by atoms with Crippen molar-refractivity contribution in [3.8, 4) is 22.3 Å². The standard InChI is InChI=1S/C31H18N4/c1-2-4-21-17(3-1)11-18-5-6-19-12-20-13-28-26(14-23(20)30(19)29(18)21)34-31-22-7-9-32-15-24(22)25-16-33-10-8-27(25)35(28)31/h1-10,13-16H,11-12H2. The number of imidazole rings is 1. The third-order valence-corrected chi connectivity index (χ3v) is 7.97. The van der Waals surface area contributed by atoms with Crippen LogP contribution >= 0.6 is 0 Å². The minimum absolute atomic E-state index is 0.959. The second-order valence-corrected chi connectivity index (χ2v) is 9.73. The number of hydrogen-bond acceptors (Lipinski definition) is 3. The van der Waals surface area contributed by atoms with Crippen molar-refractivity contribution in [1.29, 1.82) is 0 Å². The van der Waals surface area contributed by atoms with Gasteiger partial charge in [-0.15, -0.1) is 0 Å². The van der Waals surface area contributed by atoms with Crippen molar-refractivity contribution in [1.82, 2.24) is 19.4 Å². The van der Waals surface area contributed by atoms with E-state index in [1.165, 1.54) is 44.5 Å². The molecule has 0 unspecified atom stereocenters. The molecule has 4 heterocycles. The average molecular weight is 447 g/mol. The monoisotopic (exact) mass is 446 g/mol. The van der Waals surface area contributed by atoms with Gasteiger partial charge in [-0.2, -0.15) is 0 Å². The van der Waals surface area contributed by atoms with Crippen LogP contribution in [0.2, 0.25) is 0 Å². The minimum Gasteiger partial charge on any atom is -0.292 e. The molecule has 7 aromatic rings. The Morgan fingerprint density at radius 2 is 1.37 bits per heavy atom. The van der Waals surface area contributed by atoms with Gasteiger partial charge in [0.1, 0.15) is 5.65 Å². The summed E-state index contributed by atoms with van der Waals surface area (Å²) in [6, 6.07) is 22.4. The fraction of sp³-hybridized carbons (Fsp3) is 0.0645. The zero-order valence-electron chi connectivity index (χ0n) is 18.8. The molecule has 2 aliphatic rings. The van der Waals surface area contributed by atoms with Gasteiger partial charge in [-0.25, -0.2) is 4.98 Å². The van der Waals surface area contributed by atoms with Gasteiger partial charge in [0.05, 0.1) is 16.6 Å². The molecule has 3 aromatic carbocycles. The Balaban J connectivity index is 1.41. The number of fused-ring (bicyclic) bond motifs is 15. The fourth-order valence-electron chi connectivity index (χ4n) is 6.49. The van der Waals surface area contributed by atoms with Crippen LogP contribution in [-0.4, -0.2) is 19.4 Å². The molecule has 4 nitrogen and oxygen atoms in total. The summed E-state index contributed by atoms with van der Waals surface area (Å²) in [6.45, 7) is 0. The van der Waals surface area contributed by atoms with Crippen LogP contribution in [0.25, 0.3) is 60.6 Å². The summed E-state index contributed by atoms with van der Waals surface area (Å²) < 4.78 is 2.30. The quantitative estimate of drug-likeness (QED) is 0.243. The van der Waals surface area contributed by atoms with E-state index in [1.807, 2.05) is 24.8 Å². The van der Waals surface area contributed by atoms with Crippen molar-refractivity contribution >= 4 is 38.4 Å². The topological polar surface area (TPSA) is 43.1 Å². The number of aromatic nitrogens is 4. The van der Waals surface area contributed by atoms with E-state index in [4.69, 9.17) is 4.98 Å². The van der Waals surface area contributed by atoms with E-state index in [0.717, 1.165) is 51.2 Å². The molecule has 0 bridgehead atoms. The number of benzene rings is 3. The summed E-state index contributed by atoms with van der Waals surface area (Å²) in [5, 5.41) is 3.29. The lowest BCUT2D eigenvalue weighted by Crippen LogP contribution is -1.93. The van der Waals surface area contributed by atoms with Crippen LogP contribution in [0.3, 0.4) is 0 Å². The SMILES string of the molecule is c1ccc2c(c1)Cc1ccc3c(c1-2)-c1cc2nc4c5ccncc5c5cnccc5n4c2cc1C3. The zero-order chi connectivity index (χ0) is 22.7. The summed E-state index contributed by atoms with van der Waals surface area (Å²) in [6.07, 6.45) is 9.55. The molecule has 0 saturated heterocycles. The Morgan fingerprint density at radius 1 is 0.600 bits per heavy atom. The molecule has 0 saturated carbocycles. The third kappa shape index (κ3) is 2.15. The molecule has 0 spiro atoms. The molecule has 9 rings (SSSR count). The van der Waals surface area contributed by atoms with E-state index in [1.54, 1.807) is 0 Å². The van der Waals surface area contributed by atoms with Crippen molar-refractivity contribution in [2.75, 3.05) is 0 Å². The first kappa shape index (κ1) is 17.8. The van der Waals surface area contributed by atoms with E-state index < -0.39 is 0 Å². The maximum absolute atomic E-state index is 5.20. The van der Waals surface area contributed by atoms with Crippen LogP contribution in [0.4, 0.5) is 0 Å². The molecule has 0 aliphatic heterocycles. The molecule has 0 N–H and O–H groups in total. The first-order chi connectivity index (χ1) is 17.3. The van der Waals surface area contributed by atoms with Gasteiger partial charge in [-0.3, -0.25) is 14.4 Å². The summed E-state index contributed by atoms with van der Waals surface area (Å²) in [7, 11) is 0. The fourth-order valence-corrected chi connectivity index (χ4v) is 6.49. The van der Waals surface area contributed by atoms with Crippen molar-refractivity contribution in [3.63, 3.8) is 0 Å². The number of nitrogens with zero attached hydrogens (tertiary/aromatic N) is 4. The van der Waals surface area contributed by atoms with Gasteiger partial charge in [0, 0.05) is 40.9 Å². The maximum atomic E-state index is 5.20. The molecule has 162 valence electrons. The molecule has 4 aromatic heterocycles. The average Bonchev–Trinajstić information content (AvgIpc) is 3.58. The molecule has 4 heteroatoms. The van der Waals surface area contributed by atoms with Gasteiger partial charge in [0.2, 0.25) is 0 Å². The predicted octanol–water partition coefficient (Wildman–Crippen LogP) is 6.73. The number of hydrogen-bond donors (Lipinski definition) is 0. The normalized spacial score (nSPS) is 13.5. The minimum atomic E-state index is 0.959. The predicted molar refractivity (Wildman–Crippen MR) is 140 cm³/mol. The Morgan fingerprint density at radius 3 is 2.29 bits per heavy atom. The molecule has 2 aliphatic carbocycles. The first-order valence-corrected chi connectivity index (χ1v) is 12.0. The third-order valence-electron chi connectivity index (χ3n) is 7.97. The molecule has 0 fully saturated rings. The van der Waals surface area contributed by atoms with Crippen LogP contribution in [0.15, 0.2) is 85.5 Å². The smallest absolute Gasteiger partial charge is 0.146 e. The van der Waals surface area contributed by atoms with Gasteiger partial charge in [-0.05, 0) is 81.6 Å².